The number of nitrogen functional groups attached to an aromatic ring is 1. The molecule has 0 aliphatic rings. The molecule has 0 aliphatic heterocycles. The van der Waals surface area contributed by atoms with Gasteiger partial charge >= 0.3 is 0 Å². The van der Waals surface area contributed by atoms with Gasteiger partial charge in [0.25, 0.3) is 0 Å². The van der Waals surface area contributed by atoms with E-state index in [1.807, 2.05) is 37.3 Å². The average molecular weight is 259 g/mol. The predicted octanol–water partition coefficient (Wildman–Crippen LogP) is 3.15. The van der Waals surface area contributed by atoms with Crippen LogP contribution in [0.3, 0.4) is 0 Å². The number of ether oxygens (including phenoxy) is 1. The summed E-state index contributed by atoms with van der Waals surface area (Å²) in [6.45, 7) is 8.97. The van der Waals surface area contributed by atoms with E-state index in [1.165, 1.54) is 0 Å². The maximum atomic E-state index is 6.05. The third-order valence-electron chi connectivity index (χ3n) is 2.88. The summed E-state index contributed by atoms with van der Waals surface area (Å²) in [6, 6.07) is 9.71. The van der Waals surface area contributed by atoms with Gasteiger partial charge in [0.15, 0.2) is 0 Å². The molecule has 0 saturated carbocycles. The molecule has 4 heteroatoms. The Kier molecular flexibility index (Phi) is 3.51. The Hall–Kier alpha value is -1.97. The Morgan fingerprint density at radius 2 is 2.00 bits per heavy atom. The first-order valence-corrected chi connectivity index (χ1v) is 6.51. The summed E-state index contributed by atoms with van der Waals surface area (Å²) in [7, 11) is 0. The minimum atomic E-state index is -0.0170. The van der Waals surface area contributed by atoms with Crippen LogP contribution in [0.15, 0.2) is 30.3 Å². The lowest BCUT2D eigenvalue weighted by Crippen LogP contribution is -2.12. The van der Waals surface area contributed by atoms with Crippen LogP contribution in [0.2, 0.25) is 0 Å². The first-order valence-electron chi connectivity index (χ1n) is 6.51. The van der Waals surface area contributed by atoms with Crippen LogP contribution in [0, 0.1) is 0 Å². The zero-order chi connectivity index (χ0) is 14.0. The SMILES string of the molecule is CCOc1cccc(-n2nc(C(C)(C)C)cc2N)c1. The molecule has 0 saturated heterocycles. The van der Waals surface area contributed by atoms with Crippen molar-refractivity contribution in [2.75, 3.05) is 12.3 Å². The molecule has 2 aromatic rings. The molecule has 0 aliphatic carbocycles. The summed E-state index contributed by atoms with van der Waals surface area (Å²) in [5, 5.41) is 4.59. The number of rotatable bonds is 3. The standard InChI is InChI=1S/C15H21N3O/c1-5-19-12-8-6-7-11(9-12)18-14(16)10-13(17-18)15(2,3)4/h6-10H,5,16H2,1-4H3. The Morgan fingerprint density at radius 3 is 2.58 bits per heavy atom. The second-order valence-electron chi connectivity index (χ2n) is 5.55. The van der Waals surface area contributed by atoms with Crippen molar-refractivity contribution in [3.63, 3.8) is 0 Å². The number of nitrogens with two attached hydrogens (primary N) is 1. The molecule has 1 aromatic carbocycles. The number of anilines is 1. The second kappa shape index (κ2) is 4.96. The molecule has 2 rings (SSSR count). The van der Waals surface area contributed by atoms with Gasteiger partial charge in [-0.05, 0) is 19.1 Å². The van der Waals surface area contributed by atoms with Gasteiger partial charge in [0, 0.05) is 17.5 Å². The van der Waals surface area contributed by atoms with E-state index in [1.54, 1.807) is 4.68 Å². The Balaban J connectivity index is 2.41. The number of nitrogens with zero attached hydrogens (tertiary/aromatic N) is 2. The fourth-order valence-corrected chi connectivity index (χ4v) is 1.84. The van der Waals surface area contributed by atoms with Gasteiger partial charge in [0.05, 0.1) is 18.0 Å². The number of hydrogen-bond donors (Lipinski definition) is 1. The second-order valence-corrected chi connectivity index (χ2v) is 5.55. The highest BCUT2D eigenvalue weighted by Crippen LogP contribution is 2.25. The summed E-state index contributed by atoms with van der Waals surface area (Å²) in [4.78, 5) is 0. The molecule has 0 amide bonds. The van der Waals surface area contributed by atoms with Gasteiger partial charge in [-0.3, -0.25) is 0 Å². The van der Waals surface area contributed by atoms with E-state index in [0.29, 0.717) is 12.4 Å². The van der Waals surface area contributed by atoms with Gasteiger partial charge in [0.1, 0.15) is 11.6 Å². The molecule has 2 N–H and O–H groups in total. The average Bonchev–Trinajstić information content (AvgIpc) is 2.72. The maximum Gasteiger partial charge on any atom is 0.127 e. The van der Waals surface area contributed by atoms with Crippen LogP contribution in [0.1, 0.15) is 33.4 Å². The smallest absolute Gasteiger partial charge is 0.127 e. The number of benzene rings is 1. The Morgan fingerprint density at radius 1 is 1.26 bits per heavy atom. The zero-order valence-electron chi connectivity index (χ0n) is 12.0. The summed E-state index contributed by atoms with van der Waals surface area (Å²) in [5.74, 6) is 1.46. The van der Waals surface area contributed by atoms with E-state index in [2.05, 4.69) is 25.9 Å². The molecule has 0 fully saturated rings. The lowest BCUT2D eigenvalue weighted by Gasteiger charge is -2.14. The lowest BCUT2D eigenvalue weighted by atomic mass is 9.92. The Labute approximate surface area is 114 Å². The molecule has 19 heavy (non-hydrogen) atoms. The fraction of sp³-hybridized carbons (Fsp3) is 0.400. The topological polar surface area (TPSA) is 53.1 Å². The summed E-state index contributed by atoms with van der Waals surface area (Å²) >= 11 is 0. The molecular formula is C15H21N3O. The minimum absolute atomic E-state index is 0.0170. The van der Waals surface area contributed by atoms with Crippen LogP contribution < -0.4 is 10.5 Å². The minimum Gasteiger partial charge on any atom is -0.494 e. The monoisotopic (exact) mass is 259 g/mol. The number of aromatic nitrogens is 2. The highest BCUT2D eigenvalue weighted by Gasteiger charge is 2.19. The maximum absolute atomic E-state index is 6.05. The molecule has 1 heterocycles. The zero-order valence-corrected chi connectivity index (χ0v) is 12.0. The van der Waals surface area contributed by atoms with Crippen molar-refractivity contribution in [2.45, 2.75) is 33.1 Å². The van der Waals surface area contributed by atoms with E-state index in [0.717, 1.165) is 17.1 Å². The Bertz CT molecular complexity index is 567. The van der Waals surface area contributed by atoms with Crippen LogP contribution in [-0.4, -0.2) is 16.4 Å². The van der Waals surface area contributed by atoms with Crippen molar-refractivity contribution >= 4 is 5.82 Å². The summed E-state index contributed by atoms with van der Waals surface area (Å²) in [5.41, 5.74) is 7.93. The van der Waals surface area contributed by atoms with Gasteiger partial charge in [-0.2, -0.15) is 5.10 Å². The van der Waals surface area contributed by atoms with Gasteiger partial charge < -0.3 is 10.5 Å². The largest absolute Gasteiger partial charge is 0.494 e. The molecule has 0 spiro atoms. The summed E-state index contributed by atoms with van der Waals surface area (Å²) < 4.78 is 7.25. The van der Waals surface area contributed by atoms with Crippen molar-refractivity contribution in [1.82, 2.24) is 9.78 Å². The van der Waals surface area contributed by atoms with Gasteiger partial charge in [-0.25, -0.2) is 4.68 Å². The molecule has 0 atom stereocenters. The van der Waals surface area contributed by atoms with Gasteiger partial charge in [-0.15, -0.1) is 0 Å². The van der Waals surface area contributed by atoms with Crippen molar-refractivity contribution in [1.29, 1.82) is 0 Å². The molecule has 0 radical (unpaired) electrons. The molecule has 1 aromatic heterocycles. The summed E-state index contributed by atoms with van der Waals surface area (Å²) in [6.07, 6.45) is 0. The normalized spacial score (nSPS) is 11.6. The third-order valence-corrected chi connectivity index (χ3v) is 2.88. The van der Waals surface area contributed by atoms with E-state index >= 15 is 0 Å². The van der Waals surface area contributed by atoms with Crippen LogP contribution in [0.4, 0.5) is 5.82 Å². The van der Waals surface area contributed by atoms with E-state index in [4.69, 9.17) is 10.5 Å². The third kappa shape index (κ3) is 2.89. The number of hydrogen-bond acceptors (Lipinski definition) is 3. The van der Waals surface area contributed by atoms with Gasteiger partial charge in [0.2, 0.25) is 0 Å². The lowest BCUT2D eigenvalue weighted by molar-refractivity contribution is 0.340. The molecule has 102 valence electrons. The van der Waals surface area contributed by atoms with Crippen molar-refractivity contribution in [3.05, 3.63) is 36.0 Å². The van der Waals surface area contributed by atoms with E-state index in [9.17, 15) is 0 Å². The quantitative estimate of drug-likeness (QED) is 0.921. The highest BCUT2D eigenvalue weighted by atomic mass is 16.5. The van der Waals surface area contributed by atoms with Crippen molar-refractivity contribution < 1.29 is 4.74 Å². The molecule has 0 unspecified atom stereocenters. The first kappa shape index (κ1) is 13.5. The van der Waals surface area contributed by atoms with Crippen LogP contribution in [0.25, 0.3) is 5.69 Å². The fourth-order valence-electron chi connectivity index (χ4n) is 1.84. The van der Waals surface area contributed by atoms with E-state index < -0.39 is 0 Å². The van der Waals surface area contributed by atoms with Crippen molar-refractivity contribution in [2.24, 2.45) is 0 Å². The van der Waals surface area contributed by atoms with Crippen LogP contribution >= 0.6 is 0 Å². The van der Waals surface area contributed by atoms with Gasteiger partial charge in [-0.1, -0.05) is 26.8 Å². The van der Waals surface area contributed by atoms with E-state index in [-0.39, 0.29) is 5.41 Å². The predicted molar refractivity (Wildman–Crippen MR) is 77.8 cm³/mol. The molecular weight excluding hydrogens is 238 g/mol. The first-order chi connectivity index (χ1) is 8.91. The van der Waals surface area contributed by atoms with Crippen LogP contribution in [-0.2, 0) is 5.41 Å². The molecule has 0 bridgehead atoms. The highest BCUT2D eigenvalue weighted by molar-refractivity contribution is 5.46. The van der Waals surface area contributed by atoms with Crippen molar-refractivity contribution in [3.8, 4) is 11.4 Å². The van der Waals surface area contributed by atoms with Crippen LogP contribution in [0.5, 0.6) is 5.75 Å². The molecule has 4 nitrogen and oxygen atoms in total.